The van der Waals surface area contributed by atoms with Gasteiger partial charge in [-0.25, -0.2) is 0 Å². The Kier molecular flexibility index (Phi) is 6.55. The summed E-state index contributed by atoms with van der Waals surface area (Å²) >= 11 is 3.61. The van der Waals surface area contributed by atoms with E-state index in [1.165, 1.54) is 24.0 Å². The summed E-state index contributed by atoms with van der Waals surface area (Å²) in [5.41, 5.74) is -0.652. The van der Waals surface area contributed by atoms with Crippen LogP contribution >= 0.6 is 23.5 Å². The molecule has 0 aliphatic carbocycles. The topological polar surface area (TPSA) is 61.8 Å². The summed E-state index contributed by atoms with van der Waals surface area (Å²) in [6, 6.07) is 0. The molecule has 0 amide bonds. The van der Waals surface area contributed by atoms with Crippen LogP contribution in [0.15, 0.2) is 9.81 Å². The minimum atomic E-state index is -0.326. The van der Waals surface area contributed by atoms with Gasteiger partial charge in [-0.3, -0.25) is 9.59 Å². The number of carbonyl (C=O) groups excluding carboxylic acids is 2. The van der Waals surface area contributed by atoms with Gasteiger partial charge < -0.3 is 14.2 Å². The first-order chi connectivity index (χ1) is 11.6. The maximum Gasteiger partial charge on any atom is 0.305 e. The lowest BCUT2D eigenvalue weighted by molar-refractivity contribution is -0.141. The second kappa shape index (κ2) is 7.92. The van der Waals surface area contributed by atoms with Gasteiger partial charge in [0.15, 0.2) is 0 Å². The van der Waals surface area contributed by atoms with E-state index in [2.05, 4.69) is 27.7 Å². The van der Waals surface area contributed by atoms with E-state index in [-0.39, 0.29) is 33.6 Å². The number of esters is 2. The second-order valence-electron chi connectivity index (χ2n) is 7.32. The van der Waals surface area contributed by atoms with Crippen molar-refractivity contribution < 1.29 is 23.8 Å². The molecule has 2 aliphatic rings. The van der Waals surface area contributed by atoms with Crippen molar-refractivity contribution in [3.63, 3.8) is 0 Å². The minimum absolute atomic E-state index is 0.195. The Bertz CT molecular complexity index is 520. The predicted molar refractivity (Wildman–Crippen MR) is 102 cm³/mol. The van der Waals surface area contributed by atoms with Crippen LogP contribution in [0.2, 0.25) is 0 Å². The molecule has 0 radical (unpaired) electrons. The Morgan fingerprint density at radius 1 is 0.880 bits per heavy atom. The van der Waals surface area contributed by atoms with E-state index in [1.54, 1.807) is 23.5 Å². The van der Waals surface area contributed by atoms with Crippen LogP contribution in [0.1, 0.15) is 53.4 Å². The normalized spacial score (nSPS) is 27.0. The maximum atomic E-state index is 11.6. The van der Waals surface area contributed by atoms with Gasteiger partial charge in [0.25, 0.3) is 0 Å². The largest absolute Gasteiger partial charge is 0.469 e. The van der Waals surface area contributed by atoms with Crippen LogP contribution in [0.3, 0.4) is 0 Å². The van der Waals surface area contributed by atoms with Crippen LogP contribution in [0.4, 0.5) is 0 Å². The monoisotopic (exact) mass is 388 g/mol. The molecule has 0 fully saturated rings. The fourth-order valence-corrected chi connectivity index (χ4v) is 6.97. The highest BCUT2D eigenvalue weighted by Crippen LogP contribution is 2.59. The molecule has 0 aromatic carbocycles. The van der Waals surface area contributed by atoms with Crippen molar-refractivity contribution >= 4 is 35.5 Å². The van der Waals surface area contributed by atoms with Gasteiger partial charge in [0.2, 0.25) is 0 Å². The summed E-state index contributed by atoms with van der Waals surface area (Å²) in [7, 11) is 2.83. The van der Waals surface area contributed by atoms with Crippen molar-refractivity contribution in [2.75, 3.05) is 14.2 Å². The molecule has 0 saturated heterocycles. The zero-order chi connectivity index (χ0) is 18.8. The van der Waals surface area contributed by atoms with Gasteiger partial charge >= 0.3 is 11.9 Å². The van der Waals surface area contributed by atoms with Crippen molar-refractivity contribution in [1.82, 2.24) is 0 Å². The van der Waals surface area contributed by atoms with E-state index in [0.29, 0.717) is 12.8 Å². The van der Waals surface area contributed by atoms with E-state index < -0.39 is 0 Å². The van der Waals surface area contributed by atoms with Gasteiger partial charge in [0.05, 0.1) is 25.4 Å². The van der Waals surface area contributed by atoms with Crippen LogP contribution in [0.5, 0.6) is 0 Å². The number of hydrogen-bond donors (Lipinski definition) is 0. The Morgan fingerprint density at radius 2 is 1.24 bits per heavy atom. The zero-order valence-electron chi connectivity index (χ0n) is 15.8. The average Bonchev–Trinajstić information content (AvgIpc) is 2.73. The molecule has 142 valence electrons. The summed E-state index contributed by atoms with van der Waals surface area (Å²) in [6.45, 7) is 8.38. The molecule has 25 heavy (non-hydrogen) atoms. The molecule has 0 bridgehead atoms. The number of carbonyl (C=O) groups is 2. The fraction of sp³-hybridized carbons (Fsp3) is 0.778. The first-order valence-corrected chi connectivity index (χ1v) is 10.3. The third-order valence-corrected chi connectivity index (χ3v) is 8.38. The van der Waals surface area contributed by atoms with Crippen molar-refractivity contribution in [3.8, 4) is 0 Å². The Labute approximate surface area is 158 Å². The predicted octanol–water partition coefficient (Wildman–Crippen LogP) is 3.91. The Morgan fingerprint density at radius 3 is 1.56 bits per heavy atom. The molecule has 0 spiro atoms. The number of thioether (sulfide) groups is 2. The average molecular weight is 389 g/mol. The van der Waals surface area contributed by atoms with Gasteiger partial charge in [-0.15, -0.1) is 23.5 Å². The molecular formula is C18H28O5S2. The molecule has 2 heterocycles. The van der Waals surface area contributed by atoms with Gasteiger partial charge in [-0.1, -0.05) is 0 Å². The lowest BCUT2D eigenvalue weighted by atomic mass is 10.1. The van der Waals surface area contributed by atoms with Crippen molar-refractivity contribution in [3.05, 3.63) is 9.81 Å². The summed E-state index contributed by atoms with van der Waals surface area (Å²) in [6.07, 6.45) is 2.22. The van der Waals surface area contributed by atoms with Gasteiger partial charge in [0.1, 0.15) is 0 Å². The third kappa shape index (κ3) is 4.74. The first kappa shape index (κ1) is 20.6. The molecule has 2 aliphatic heterocycles. The number of methoxy groups -OCH3 is 2. The number of rotatable bonds is 6. The molecule has 0 aromatic heterocycles. The Hall–Kier alpha value is -0.660. The minimum Gasteiger partial charge on any atom is -0.469 e. The summed E-state index contributed by atoms with van der Waals surface area (Å²) in [4.78, 5) is 25.7. The van der Waals surface area contributed by atoms with Crippen LogP contribution in [0.25, 0.3) is 0 Å². The van der Waals surface area contributed by atoms with Crippen molar-refractivity contribution in [1.29, 1.82) is 0 Å². The third-order valence-electron chi connectivity index (χ3n) is 4.48. The standard InChI is InChI=1S/C18H28O5S2/c1-17(2)15-16(18(3,4)23-17)25-12(8-10-14(20)22-6)11(24-15)7-9-13(19)21-5/h11-12H,7-10H2,1-6H3. The number of ether oxygens (including phenoxy) is 3. The van der Waals surface area contributed by atoms with Gasteiger partial charge in [0, 0.05) is 33.2 Å². The van der Waals surface area contributed by atoms with Crippen LogP contribution in [0, 0.1) is 0 Å². The molecule has 0 aromatic rings. The molecule has 0 saturated carbocycles. The highest BCUT2D eigenvalue weighted by molar-refractivity contribution is 8.11. The van der Waals surface area contributed by atoms with Crippen LogP contribution < -0.4 is 0 Å². The lowest BCUT2D eigenvalue weighted by Crippen LogP contribution is -2.29. The molecule has 2 unspecified atom stereocenters. The van der Waals surface area contributed by atoms with E-state index in [9.17, 15) is 9.59 Å². The van der Waals surface area contributed by atoms with Crippen LogP contribution in [-0.2, 0) is 23.8 Å². The number of hydrogen-bond acceptors (Lipinski definition) is 7. The molecule has 0 N–H and O–H groups in total. The molecule has 2 rings (SSSR count). The highest BCUT2D eigenvalue weighted by Gasteiger charge is 2.50. The summed E-state index contributed by atoms with van der Waals surface area (Å²) < 4.78 is 15.8. The van der Waals surface area contributed by atoms with Gasteiger partial charge in [-0.05, 0) is 40.5 Å². The molecular weight excluding hydrogens is 360 g/mol. The van der Waals surface area contributed by atoms with Crippen molar-refractivity contribution in [2.24, 2.45) is 0 Å². The molecule has 5 nitrogen and oxygen atoms in total. The highest BCUT2D eigenvalue weighted by atomic mass is 32.2. The van der Waals surface area contributed by atoms with E-state index in [1.807, 2.05) is 0 Å². The molecule has 2 atom stereocenters. The maximum absolute atomic E-state index is 11.6. The smallest absolute Gasteiger partial charge is 0.305 e. The lowest BCUT2D eigenvalue weighted by Gasteiger charge is -2.34. The fourth-order valence-electron chi connectivity index (χ4n) is 3.34. The van der Waals surface area contributed by atoms with Gasteiger partial charge in [-0.2, -0.15) is 0 Å². The van der Waals surface area contributed by atoms with E-state index >= 15 is 0 Å². The van der Waals surface area contributed by atoms with Crippen molar-refractivity contribution in [2.45, 2.75) is 75.1 Å². The summed E-state index contributed by atoms with van der Waals surface area (Å²) in [5.74, 6) is -0.390. The van der Waals surface area contributed by atoms with Crippen LogP contribution in [-0.4, -0.2) is 47.9 Å². The zero-order valence-corrected chi connectivity index (χ0v) is 17.5. The SMILES string of the molecule is COC(=O)CCC1SC2=C(SC1CCC(=O)OC)C(C)(C)OC2(C)C. The second-order valence-corrected chi connectivity index (χ2v) is 9.82. The molecule has 7 heteroatoms. The van der Waals surface area contributed by atoms with E-state index in [4.69, 9.17) is 14.2 Å². The summed E-state index contributed by atoms with van der Waals surface area (Å²) in [5, 5.41) is 0.480. The van der Waals surface area contributed by atoms with E-state index in [0.717, 1.165) is 12.8 Å². The first-order valence-electron chi connectivity index (χ1n) is 8.53. The Balaban J connectivity index is 2.19. The quantitative estimate of drug-likeness (QED) is 0.639.